The summed E-state index contributed by atoms with van der Waals surface area (Å²) in [6, 6.07) is 2.75. The minimum atomic E-state index is -2.61. The summed E-state index contributed by atoms with van der Waals surface area (Å²) in [5.74, 6) is -3.96. The van der Waals surface area contributed by atoms with Crippen molar-refractivity contribution >= 4 is 17.6 Å². The van der Waals surface area contributed by atoms with Gasteiger partial charge in [-0.15, -0.1) is 0 Å². The molecule has 0 spiro atoms. The normalized spacial score (nSPS) is 22.6. The Morgan fingerprint density at radius 3 is 2.50 bits per heavy atom. The summed E-state index contributed by atoms with van der Waals surface area (Å²) in [5.41, 5.74) is -1.46. The number of aromatic nitrogens is 1. The molecule has 1 aliphatic rings. The van der Waals surface area contributed by atoms with Crippen LogP contribution in [-0.4, -0.2) is 35.2 Å². The number of carbonyl (C=O) groups excluding carboxylic acids is 2. The first-order chi connectivity index (χ1) is 24.3. The predicted molar refractivity (Wildman–Crippen MR) is 153 cm³/mol. The highest BCUT2D eigenvalue weighted by Gasteiger charge is 2.32. The van der Waals surface area contributed by atoms with E-state index in [9.17, 15) is 14.0 Å². The number of amides is 1. The van der Waals surface area contributed by atoms with Crippen molar-refractivity contribution in [3.8, 4) is 22.4 Å². The highest BCUT2D eigenvalue weighted by atomic mass is 19.1. The Morgan fingerprint density at radius 1 is 1.18 bits per heavy atom. The third-order valence-electron chi connectivity index (χ3n) is 6.36. The zero-order valence-electron chi connectivity index (χ0n) is 33.7. The quantitative estimate of drug-likeness (QED) is 0.224. The van der Waals surface area contributed by atoms with Gasteiger partial charge in [0, 0.05) is 39.1 Å². The van der Waals surface area contributed by atoms with E-state index in [2.05, 4.69) is 5.11 Å². The van der Waals surface area contributed by atoms with Crippen molar-refractivity contribution in [3.63, 3.8) is 0 Å². The van der Waals surface area contributed by atoms with Gasteiger partial charge in [-0.05, 0) is 53.3 Å². The summed E-state index contributed by atoms with van der Waals surface area (Å²) in [7, 11) is 0. The van der Waals surface area contributed by atoms with Crippen LogP contribution < -0.4 is 5.31 Å². The molecule has 0 saturated carbocycles. The average molecular weight is 553 g/mol. The zero-order valence-corrected chi connectivity index (χ0v) is 21.7. The van der Waals surface area contributed by atoms with Crippen LogP contribution in [0.4, 0.5) is 10.1 Å². The molecule has 5 rings (SSSR count). The van der Waals surface area contributed by atoms with Crippen LogP contribution in [0.2, 0.25) is 1.41 Å². The largest absolute Gasteiger partial charge is 0.462 e. The van der Waals surface area contributed by atoms with Crippen molar-refractivity contribution in [2.24, 2.45) is 0 Å². The van der Waals surface area contributed by atoms with Crippen LogP contribution in [0.5, 0.6) is 0 Å². The number of anilines is 1. The molecule has 2 atom stereocenters. The van der Waals surface area contributed by atoms with Crippen LogP contribution in [0.15, 0.2) is 84.7 Å². The standard InChI is InChI=1S/C33H33FN2O4/c1-21(2)31-30(33(39)35-25-11-7-4-8-12-25)29(22-9-5-3-6-10-22)32(23-13-15-24(34)16-14-23)36(31)18-17-27-19-26(37)20-28(38)40-27/h3-16,21,26-27,37H,17-20H2,1-2H3,(H,35,39)/t26?,27-/m1/s1/i3D,4D,9D,10D,11D,12D,13D,14D,20D2,37D/hD. The Kier molecular flexibility index (Phi) is 4.79. The summed E-state index contributed by atoms with van der Waals surface area (Å²) >= 11 is 0. The number of rotatable bonds is 9. The predicted octanol–water partition coefficient (Wildman–Crippen LogP) is 6.79. The number of esters is 1. The van der Waals surface area contributed by atoms with Gasteiger partial charge in [-0.1, -0.05) is 62.3 Å². The number of nitrogens with one attached hydrogen (secondary N) is 1. The van der Waals surface area contributed by atoms with Crippen LogP contribution >= 0.6 is 0 Å². The molecule has 206 valence electrons. The topological polar surface area (TPSA) is 80.6 Å². The number of ether oxygens (including phenoxy) is 1. The first kappa shape index (κ1) is 16.1. The molecule has 40 heavy (non-hydrogen) atoms. The maximum absolute atomic E-state index is 14.7. The molecule has 1 amide bonds. The van der Waals surface area contributed by atoms with Gasteiger partial charge in [0.05, 0.1) is 34.7 Å². The van der Waals surface area contributed by atoms with Crippen LogP contribution in [-0.2, 0) is 16.1 Å². The number of benzene rings is 3. The van der Waals surface area contributed by atoms with E-state index in [-0.39, 0.29) is 70.4 Å². The van der Waals surface area contributed by atoms with E-state index < -0.39 is 84.1 Å². The molecule has 3 aromatic carbocycles. The minimum absolute atomic E-state index is 0.103. The Hall–Kier alpha value is -4.23. The summed E-state index contributed by atoms with van der Waals surface area (Å²) in [4.78, 5) is 27.3. The molecular weight excluding hydrogens is 507 g/mol. The molecule has 1 unspecified atom stereocenters. The highest BCUT2D eigenvalue weighted by molar-refractivity contribution is 6.12. The Bertz CT molecular complexity index is 2020. The number of nitrogens with zero attached hydrogens (tertiary/aromatic N) is 1. The van der Waals surface area contributed by atoms with Gasteiger partial charge in [0.25, 0.3) is 5.91 Å². The van der Waals surface area contributed by atoms with Gasteiger partial charge in [-0.3, -0.25) is 9.59 Å². The van der Waals surface area contributed by atoms with Crippen LogP contribution in [0.1, 0.15) is 68.7 Å². The van der Waals surface area contributed by atoms with Gasteiger partial charge in [-0.2, -0.15) is 0 Å². The van der Waals surface area contributed by atoms with Crippen LogP contribution in [0, 0.1) is 5.82 Å². The number of hydrogen-bond acceptors (Lipinski definition) is 4. The number of carbonyl (C=O) groups is 2. The maximum atomic E-state index is 14.7. The lowest BCUT2D eigenvalue weighted by Gasteiger charge is -2.27. The summed E-state index contributed by atoms with van der Waals surface area (Å²) < 4.78 is 122. The smallest absolute Gasteiger partial charge is 0.308 e. The lowest BCUT2D eigenvalue weighted by Crippen LogP contribution is -2.33. The van der Waals surface area contributed by atoms with Gasteiger partial charge >= 0.3 is 5.97 Å². The van der Waals surface area contributed by atoms with Gasteiger partial charge in [-0.25, -0.2) is 4.39 Å². The fraction of sp³-hybridized carbons (Fsp3) is 0.273. The number of para-hydroxylation sites is 1. The lowest BCUT2D eigenvalue weighted by molar-refractivity contribution is -0.160. The summed E-state index contributed by atoms with van der Waals surface area (Å²) in [6.45, 7) is 3.16. The Morgan fingerprint density at radius 2 is 1.85 bits per heavy atom. The van der Waals surface area contributed by atoms with Crippen molar-refractivity contribution in [3.05, 3.63) is 102 Å². The first-order valence-electron chi connectivity index (χ1n) is 18.5. The highest BCUT2D eigenvalue weighted by Crippen LogP contribution is 2.42. The third-order valence-corrected chi connectivity index (χ3v) is 6.36. The maximum Gasteiger partial charge on any atom is 0.308 e. The van der Waals surface area contributed by atoms with E-state index in [1.165, 1.54) is 4.57 Å². The molecule has 0 aliphatic carbocycles. The Labute approximate surface area is 250 Å². The van der Waals surface area contributed by atoms with E-state index in [1.807, 2.05) is 0 Å². The molecule has 1 fully saturated rings. The second-order valence-electron chi connectivity index (χ2n) is 9.44. The number of hydrogen-bond donors (Lipinski definition) is 2. The molecule has 0 radical (unpaired) electrons. The number of aliphatic hydroxyl groups is 1. The molecule has 1 aromatic heterocycles. The van der Waals surface area contributed by atoms with Crippen molar-refractivity contribution in [2.45, 2.75) is 57.7 Å². The zero-order chi connectivity index (χ0) is 38.6. The van der Waals surface area contributed by atoms with E-state index >= 15 is 0 Å². The van der Waals surface area contributed by atoms with Gasteiger partial charge in [0.1, 0.15) is 11.9 Å². The van der Waals surface area contributed by atoms with Crippen LogP contribution in [0.25, 0.3) is 22.4 Å². The van der Waals surface area contributed by atoms with Gasteiger partial charge in [0.15, 0.2) is 1.41 Å². The molecule has 6 nitrogen and oxygen atoms in total. The molecular formula is C33H33FN2O4. The molecule has 1 saturated heterocycles. The van der Waals surface area contributed by atoms with E-state index in [0.717, 1.165) is 36.4 Å². The Balaban J connectivity index is 1.87. The molecule has 0 bridgehead atoms. The summed E-state index contributed by atoms with van der Waals surface area (Å²) in [5, 5.41) is 4.79. The number of halogens is 1. The fourth-order valence-electron chi connectivity index (χ4n) is 4.78. The van der Waals surface area contributed by atoms with Gasteiger partial charge < -0.3 is 19.7 Å². The van der Waals surface area contributed by atoms with E-state index in [1.54, 1.807) is 13.8 Å². The molecule has 2 N–H and O–H groups in total. The lowest BCUT2D eigenvalue weighted by atomic mass is 9.94. The molecule has 4 aromatic rings. The molecule has 2 heterocycles. The minimum Gasteiger partial charge on any atom is -0.462 e. The van der Waals surface area contributed by atoms with Crippen LogP contribution in [0.3, 0.4) is 0 Å². The fourth-order valence-corrected chi connectivity index (χ4v) is 4.78. The second-order valence-corrected chi connectivity index (χ2v) is 9.44. The third kappa shape index (κ3) is 5.84. The van der Waals surface area contributed by atoms with Gasteiger partial charge in [0.2, 0.25) is 1.43 Å². The van der Waals surface area contributed by atoms with Crippen molar-refractivity contribution in [2.75, 3.05) is 5.31 Å². The van der Waals surface area contributed by atoms with Crippen molar-refractivity contribution in [1.82, 2.24) is 4.57 Å². The van der Waals surface area contributed by atoms with E-state index in [4.69, 9.17) is 21.3 Å². The SMILES string of the molecule is [2H]OC1C[C@@H](CCn2c(-c3c([2H])cc(F)cc3[2H])c(-c3c([2H])cc([2H])cc3[2H])c(C(=O)N([2H])c3c([2H])cc([2H])cc3[2H])c2C(C)C)OC(=O)C1([2H])[2H]. The molecule has 1 aliphatic heterocycles. The first-order valence-corrected chi connectivity index (χ1v) is 12.7. The second kappa shape index (κ2) is 11.9. The molecule has 7 heteroatoms. The van der Waals surface area contributed by atoms with Crippen molar-refractivity contribution < 1.29 is 38.9 Å². The number of cyclic esters (lactones) is 1. The van der Waals surface area contributed by atoms with Crippen molar-refractivity contribution in [1.29, 1.82) is 1.43 Å². The monoisotopic (exact) mass is 552 g/mol. The van der Waals surface area contributed by atoms with E-state index in [0.29, 0.717) is 0 Å². The summed E-state index contributed by atoms with van der Waals surface area (Å²) in [6.07, 6.45) is -5.46. The number of aliphatic hydroxyl groups excluding tert-OH is 1. The average Bonchev–Trinajstić information content (AvgIpc) is 3.33.